The highest BCUT2D eigenvalue weighted by molar-refractivity contribution is 14.0. The Kier molecular flexibility index (Phi) is 8.42. The number of rotatable bonds is 7. The van der Waals surface area contributed by atoms with Gasteiger partial charge in [-0.1, -0.05) is 30.3 Å². The molecule has 0 saturated carbocycles. The molecule has 9 heteroatoms. The minimum atomic E-state index is 0. The van der Waals surface area contributed by atoms with Gasteiger partial charge in [0.05, 0.1) is 6.54 Å². The smallest absolute Gasteiger partial charge is 0.194 e. The Morgan fingerprint density at radius 3 is 2.64 bits per heavy atom. The zero-order chi connectivity index (χ0) is 19.1. The van der Waals surface area contributed by atoms with Crippen molar-refractivity contribution in [1.82, 2.24) is 34.5 Å². The van der Waals surface area contributed by atoms with E-state index in [1.807, 2.05) is 37.5 Å². The minimum Gasteiger partial charge on any atom is -0.357 e. The van der Waals surface area contributed by atoms with Gasteiger partial charge in [-0.2, -0.15) is 5.10 Å². The van der Waals surface area contributed by atoms with Gasteiger partial charge < -0.3 is 14.8 Å². The van der Waals surface area contributed by atoms with E-state index in [1.54, 1.807) is 11.0 Å². The molecule has 0 unspecified atom stereocenters. The van der Waals surface area contributed by atoms with Crippen LogP contribution in [0.5, 0.6) is 0 Å². The molecule has 2 heterocycles. The summed E-state index contributed by atoms with van der Waals surface area (Å²) in [6.07, 6.45) is 5.38. The van der Waals surface area contributed by atoms with Gasteiger partial charge in [-0.05, 0) is 12.5 Å². The number of nitrogens with zero attached hydrogens (tertiary/aromatic N) is 7. The van der Waals surface area contributed by atoms with Gasteiger partial charge >= 0.3 is 0 Å². The molecule has 8 nitrogen and oxygen atoms in total. The number of imidazole rings is 1. The van der Waals surface area contributed by atoms with Crippen LogP contribution in [-0.4, -0.2) is 48.8 Å². The molecule has 3 aromatic rings. The Morgan fingerprint density at radius 2 is 1.96 bits per heavy atom. The van der Waals surface area contributed by atoms with Gasteiger partial charge in [0.15, 0.2) is 5.96 Å². The van der Waals surface area contributed by atoms with Crippen LogP contribution in [0.1, 0.15) is 24.1 Å². The van der Waals surface area contributed by atoms with Crippen LogP contribution < -0.4 is 5.32 Å². The average Bonchev–Trinajstić information content (AvgIpc) is 3.28. The van der Waals surface area contributed by atoms with Crippen molar-refractivity contribution < 1.29 is 0 Å². The molecule has 0 amide bonds. The van der Waals surface area contributed by atoms with Crippen molar-refractivity contribution in [2.75, 3.05) is 13.6 Å². The first-order valence-corrected chi connectivity index (χ1v) is 9.03. The number of hydrogen-bond acceptors (Lipinski definition) is 4. The lowest BCUT2D eigenvalue weighted by atomic mass is 10.2. The van der Waals surface area contributed by atoms with Crippen LogP contribution in [-0.2, 0) is 26.7 Å². The number of benzene rings is 1. The Bertz CT molecular complexity index is 871. The number of aryl methyl sites for hydroxylation is 1. The molecule has 0 saturated heterocycles. The van der Waals surface area contributed by atoms with Crippen molar-refractivity contribution in [3.8, 4) is 0 Å². The fraction of sp³-hybridized carbons (Fsp3) is 0.368. The normalized spacial score (nSPS) is 11.2. The molecule has 1 aromatic carbocycles. The monoisotopic (exact) mass is 494 g/mol. The van der Waals surface area contributed by atoms with Gasteiger partial charge in [0, 0.05) is 39.6 Å². The van der Waals surface area contributed by atoms with Crippen molar-refractivity contribution in [3.63, 3.8) is 0 Å². The van der Waals surface area contributed by atoms with Crippen molar-refractivity contribution in [3.05, 3.63) is 66.3 Å². The van der Waals surface area contributed by atoms with E-state index >= 15 is 0 Å². The van der Waals surface area contributed by atoms with Crippen LogP contribution in [0, 0.1) is 0 Å². The second-order valence-corrected chi connectivity index (χ2v) is 6.28. The summed E-state index contributed by atoms with van der Waals surface area (Å²) in [6.45, 7) is 4.77. The van der Waals surface area contributed by atoms with Crippen LogP contribution in [0.3, 0.4) is 0 Å². The van der Waals surface area contributed by atoms with Crippen molar-refractivity contribution in [2.45, 2.75) is 26.6 Å². The number of aromatic nitrogens is 5. The van der Waals surface area contributed by atoms with Gasteiger partial charge in [-0.15, -0.1) is 24.0 Å². The standard InChI is InChI=1S/C19H26N8.HI/c1-4-20-19(25(2)14-18-23-15-24-26(18)3)22-12-17-21-10-11-27(17)13-16-8-6-5-7-9-16;/h5-11,15H,4,12-14H2,1-3H3,(H,20,22);1H. The second kappa shape index (κ2) is 10.8. The molecule has 0 spiro atoms. The third kappa shape index (κ3) is 5.78. The second-order valence-electron chi connectivity index (χ2n) is 6.28. The highest BCUT2D eigenvalue weighted by Crippen LogP contribution is 2.07. The zero-order valence-electron chi connectivity index (χ0n) is 16.5. The topological polar surface area (TPSA) is 76.2 Å². The summed E-state index contributed by atoms with van der Waals surface area (Å²) in [6, 6.07) is 10.4. The van der Waals surface area contributed by atoms with E-state index in [0.717, 1.165) is 30.7 Å². The Morgan fingerprint density at radius 1 is 1.18 bits per heavy atom. The van der Waals surface area contributed by atoms with E-state index in [2.05, 4.69) is 56.1 Å². The van der Waals surface area contributed by atoms with Gasteiger partial charge in [0.2, 0.25) is 0 Å². The molecule has 2 aromatic heterocycles. The molecule has 3 rings (SSSR count). The van der Waals surface area contributed by atoms with Crippen LogP contribution in [0.2, 0.25) is 0 Å². The first-order chi connectivity index (χ1) is 13.2. The van der Waals surface area contributed by atoms with Crippen LogP contribution >= 0.6 is 24.0 Å². The maximum Gasteiger partial charge on any atom is 0.194 e. The molecule has 28 heavy (non-hydrogen) atoms. The molecule has 0 bridgehead atoms. The van der Waals surface area contributed by atoms with Crippen molar-refractivity contribution in [2.24, 2.45) is 12.0 Å². The molecule has 0 aliphatic rings. The van der Waals surface area contributed by atoms with Crippen LogP contribution in [0.25, 0.3) is 0 Å². The molecule has 1 N–H and O–H groups in total. The maximum absolute atomic E-state index is 4.76. The first kappa shape index (κ1) is 21.9. The maximum atomic E-state index is 4.76. The SMILES string of the molecule is CCNC(=NCc1nccn1Cc1ccccc1)N(C)Cc1ncnn1C.I. The van der Waals surface area contributed by atoms with Crippen LogP contribution in [0.15, 0.2) is 54.0 Å². The lowest BCUT2D eigenvalue weighted by Crippen LogP contribution is -2.39. The molecule has 0 atom stereocenters. The molecule has 150 valence electrons. The fourth-order valence-corrected chi connectivity index (χ4v) is 2.78. The summed E-state index contributed by atoms with van der Waals surface area (Å²) in [4.78, 5) is 15.6. The number of nitrogens with one attached hydrogen (secondary N) is 1. The van der Waals surface area contributed by atoms with Crippen molar-refractivity contribution in [1.29, 1.82) is 0 Å². The summed E-state index contributed by atoms with van der Waals surface area (Å²) in [5.41, 5.74) is 1.24. The van der Waals surface area contributed by atoms with Crippen LogP contribution in [0.4, 0.5) is 0 Å². The predicted molar refractivity (Wildman–Crippen MR) is 120 cm³/mol. The highest BCUT2D eigenvalue weighted by Gasteiger charge is 2.11. The summed E-state index contributed by atoms with van der Waals surface area (Å²) < 4.78 is 3.90. The first-order valence-electron chi connectivity index (χ1n) is 9.03. The van der Waals surface area contributed by atoms with E-state index in [9.17, 15) is 0 Å². The lowest BCUT2D eigenvalue weighted by molar-refractivity contribution is 0.448. The third-order valence-corrected chi connectivity index (χ3v) is 4.25. The molecular weight excluding hydrogens is 467 g/mol. The fourth-order valence-electron chi connectivity index (χ4n) is 2.78. The zero-order valence-corrected chi connectivity index (χ0v) is 18.8. The van der Waals surface area contributed by atoms with Gasteiger partial charge in [0.1, 0.15) is 24.5 Å². The minimum absolute atomic E-state index is 0. The van der Waals surface area contributed by atoms with E-state index < -0.39 is 0 Å². The molecular formula is C19H27IN8. The molecule has 0 aliphatic carbocycles. The van der Waals surface area contributed by atoms with Crippen molar-refractivity contribution >= 4 is 29.9 Å². The van der Waals surface area contributed by atoms with E-state index in [1.165, 1.54) is 5.56 Å². The average molecular weight is 494 g/mol. The Labute approximate surface area is 182 Å². The highest BCUT2D eigenvalue weighted by atomic mass is 127. The predicted octanol–water partition coefficient (Wildman–Crippen LogP) is 2.28. The molecule has 0 aliphatic heterocycles. The quantitative estimate of drug-likeness (QED) is 0.310. The molecule has 0 fully saturated rings. The number of halogens is 1. The van der Waals surface area contributed by atoms with E-state index in [-0.39, 0.29) is 24.0 Å². The van der Waals surface area contributed by atoms with Gasteiger partial charge in [0.25, 0.3) is 0 Å². The van der Waals surface area contributed by atoms with E-state index in [0.29, 0.717) is 13.1 Å². The lowest BCUT2D eigenvalue weighted by Gasteiger charge is -2.21. The van der Waals surface area contributed by atoms with E-state index in [4.69, 9.17) is 4.99 Å². The van der Waals surface area contributed by atoms with Gasteiger partial charge in [-0.3, -0.25) is 4.68 Å². The number of guanidine groups is 1. The third-order valence-electron chi connectivity index (χ3n) is 4.25. The van der Waals surface area contributed by atoms with Gasteiger partial charge in [-0.25, -0.2) is 15.0 Å². The number of aliphatic imine (C=N–C) groups is 1. The summed E-state index contributed by atoms with van der Waals surface area (Å²) >= 11 is 0. The summed E-state index contributed by atoms with van der Waals surface area (Å²) in [7, 11) is 3.88. The Balaban J connectivity index is 0.00000280. The summed E-state index contributed by atoms with van der Waals surface area (Å²) in [5, 5.41) is 7.45. The largest absolute Gasteiger partial charge is 0.357 e. The molecule has 0 radical (unpaired) electrons. The summed E-state index contributed by atoms with van der Waals surface area (Å²) in [5.74, 6) is 2.63. The Hall–Kier alpha value is -2.43. The number of hydrogen-bond donors (Lipinski definition) is 1.